The van der Waals surface area contributed by atoms with E-state index in [4.69, 9.17) is 4.74 Å². The van der Waals surface area contributed by atoms with Crippen LogP contribution in [-0.4, -0.2) is 43.2 Å². The molecule has 1 aromatic carbocycles. The number of hydrogen-bond donors (Lipinski definition) is 1. The number of carbonyl (C=O) groups excluding carboxylic acids is 1. The third-order valence-corrected chi connectivity index (χ3v) is 6.17. The van der Waals surface area contributed by atoms with Gasteiger partial charge in [-0.2, -0.15) is 0 Å². The number of ether oxygens (including phenoxy) is 1. The van der Waals surface area contributed by atoms with Gasteiger partial charge in [-0.15, -0.1) is 0 Å². The van der Waals surface area contributed by atoms with Gasteiger partial charge in [0.15, 0.2) is 0 Å². The Kier molecular flexibility index (Phi) is 3.88. The van der Waals surface area contributed by atoms with E-state index in [1.54, 1.807) is 0 Å². The summed E-state index contributed by atoms with van der Waals surface area (Å²) in [5, 5.41) is 3.57. The molecule has 4 aliphatic rings. The maximum Gasteiger partial charge on any atom is 0.337 e. The van der Waals surface area contributed by atoms with Gasteiger partial charge in [0, 0.05) is 31.7 Å². The molecule has 4 nitrogen and oxygen atoms in total. The minimum Gasteiger partial charge on any atom is -0.465 e. The smallest absolute Gasteiger partial charge is 0.337 e. The molecule has 0 spiro atoms. The molecular weight excluding hydrogens is 307 g/mol. The summed E-state index contributed by atoms with van der Waals surface area (Å²) in [6.07, 6.45) is 4.28. The van der Waals surface area contributed by atoms with Gasteiger partial charge in [0.1, 0.15) is 5.82 Å². The van der Waals surface area contributed by atoms with Gasteiger partial charge in [-0.3, -0.25) is 4.90 Å². The molecule has 1 aliphatic carbocycles. The Morgan fingerprint density at radius 2 is 2.25 bits per heavy atom. The summed E-state index contributed by atoms with van der Waals surface area (Å²) < 4.78 is 19.3. The minimum atomic E-state index is -0.471. The van der Waals surface area contributed by atoms with Crippen LogP contribution < -0.4 is 5.32 Å². The first kappa shape index (κ1) is 16.0. The van der Waals surface area contributed by atoms with E-state index in [1.165, 1.54) is 26.0 Å². The van der Waals surface area contributed by atoms with E-state index in [2.05, 4.69) is 17.1 Å². The molecule has 1 saturated carbocycles. The SMILES string of the molecule is CCC1Cc2c(F)cc(C(=O)OC)cc2CN1CC12CNC(C1)C2. The van der Waals surface area contributed by atoms with E-state index in [9.17, 15) is 9.18 Å². The van der Waals surface area contributed by atoms with Gasteiger partial charge >= 0.3 is 5.97 Å². The van der Waals surface area contributed by atoms with Gasteiger partial charge in [0.05, 0.1) is 12.7 Å². The number of benzene rings is 1. The second kappa shape index (κ2) is 5.81. The highest BCUT2D eigenvalue weighted by Gasteiger charge is 2.51. The summed E-state index contributed by atoms with van der Waals surface area (Å²) in [6.45, 7) is 5.08. The first-order valence-corrected chi connectivity index (χ1v) is 8.90. The average molecular weight is 332 g/mol. The van der Waals surface area contributed by atoms with Gasteiger partial charge < -0.3 is 10.1 Å². The van der Waals surface area contributed by atoms with E-state index in [0.29, 0.717) is 23.1 Å². The fourth-order valence-electron chi connectivity index (χ4n) is 4.85. The Labute approximate surface area is 142 Å². The van der Waals surface area contributed by atoms with Gasteiger partial charge in [-0.25, -0.2) is 9.18 Å². The molecule has 2 bridgehead atoms. The van der Waals surface area contributed by atoms with Crippen LogP contribution in [0.3, 0.4) is 0 Å². The molecule has 5 rings (SSSR count). The van der Waals surface area contributed by atoms with Crippen molar-refractivity contribution >= 4 is 5.97 Å². The molecule has 0 amide bonds. The van der Waals surface area contributed by atoms with Crippen LogP contribution in [-0.2, 0) is 17.7 Å². The van der Waals surface area contributed by atoms with E-state index < -0.39 is 5.97 Å². The predicted octanol–water partition coefficient (Wildman–Crippen LogP) is 2.50. The lowest BCUT2D eigenvalue weighted by Crippen LogP contribution is -2.49. The molecule has 1 N–H and O–H groups in total. The molecule has 1 atom stereocenters. The van der Waals surface area contributed by atoms with Gasteiger partial charge in [0.2, 0.25) is 0 Å². The van der Waals surface area contributed by atoms with Gasteiger partial charge in [0.25, 0.3) is 0 Å². The summed E-state index contributed by atoms with van der Waals surface area (Å²) in [6, 6.07) is 4.23. The maximum atomic E-state index is 14.5. The monoisotopic (exact) mass is 332 g/mol. The summed E-state index contributed by atoms with van der Waals surface area (Å²) >= 11 is 0. The van der Waals surface area contributed by atoms with Crippen LogP contribution in [0.15, 0.2) is 12.1 Å². The average Bonchev–Trinajstić information content (AvgIpc) is 3.13. The van der Waals surface area contributed by atoms with Crippen molar-refractivity contribution in [2.75, 3.05) is 20.2 Å². The highest BCUT2D eigenvalue weighted by Crippen LogP contribution is 2.47. The summed E-state index contributed by atoms with van der Waals surface area (Å²) in [7, 11) is 1.33. The molecule has 24 heavy (non-hydrogen) atoms. The highest BCUT2D eigenvalue weighted by atomic mass is 19.1. The van der Waals surface area contributed by atoms with E-state index in [0.717, 1.165) is 43.6 Å². The van der Waals surface area contributed by atoms with Crippen molar-refractivity contribution in [1.29, 1.82) is 0 Å². The van der Waals surface area contributed by atoms with Crippen LogP contribution in [0.1, 0.15) is 47.7 Å². The van der Waals surface area contributed by atoms with Crippen molar-refractivity contribution in [3.63, 3.8) is 0 Å². The number of carbonyl (C=O) groups is 1. The fourth-order valence-corrected chi connectivity index (χ4v) is 4.85. The molecule has 0 radical (unpaired) electrons. The zero-order chi connectivity index (χ0) is 16.9. The number of methoxy groups -OCH3 is 1. The predicted molar refractivity (Wildman–Crippen MR) is 89.4 cm³/mol. The molecule has 1 aromatic rings. The van der Waals surface area contributed by atoms with E-state index in [1.807, 2.05) is 6.07 Å². The van der Waals surface area contributed by atoms with E-state index >= 15 is 0 Å². The largest absolute Gasteiger partial charge is 0.465 e. The van der Waals surface area contributed by atoms with Crippen LogP contribution in [0.2, 0.25) is 0 Å². The van der Waals surface area contributed by atoms with Gasteiger partial charge in [-0.1, -0.05) is 6.92 Å². The number of fused-ring (bicyclic) bond motifs is 2. The third-order valence-electron chi connectivity index (χ3n) is 6.17. The molecule has 5 heteroatoms. The molecule has 130 valence electrons. The molecule has 0 aromatic heterocycles. The quantitative estimate of drug-likeness (QED) is 0.860. The fraction of sp³-hybridized carbons (Fsp3) is 0.632. The second-order valence-electron chi connectivity index (χ2n) is 7.74. The summed E-state index contributed by atoms with van der Waals surface area (Å²) in [4.78, 5) is 14.3. The molecule has 1 unspecified atom stereocenters. The Balaban J connectivity index is 1.60. The Morgan fingerprint density at radius 1 is 1.46 bits per heavy atom. The number of esters is 1. The first-order chi connectivity index (χ1) is 11.5. The standard InChI is InChI=1S/C19H25FN2O2/c1-3-15-6-16-13(4-12(5-17(16)20)18(23)24-2)9-22(15)11-19-7-14(8-19)21-10-19/h4-5,14-15,21H,3,6-11H2,1-2H3. The maximum absolute atomic E-state index is 14.5. The van der Waals surface area contributed by atoms with Crippen molar-refractivity contribution in [3.8, 4) is 0 Å². The number of hydrogen-bond acceptors (Lipinski definition) is 4. The summed E-state index contributed by atoms with van der Waals surface area (Å²) in [5.74, 6) is -0.739. The minimum absolute atomic E-state index is 0.268. The first-order valence-electron chi connectivity index (χ1n) is 8.90. The molecule has 2 saturated heterocycles. The molecular formula is C19H25FN2O2. The number of halogens is 1. The number of rotatable bonds is 4. The lowest BCUT2D eigenvalue weighted by molar-refractivity contribution is 0.0591. The zero-order valence-corrected chi connectivity index (χ0v) is 14.4. The second-order valence-corrected chi connectivity index (χ2v) is 7.74. The molecule has 3 heterocycles. The van der Waals surface area contributed by atoms with Crippen molar-refractivity contribution in [1.82, 2.24) is 10.2 Å². The normalized spacial score (nSPS) is 31.5. The third kappa shape index (κ3) is 2.54. The molecule has 3 aliphatic heterocycles. The van der Waals surface area contributed by atoms with Crippen LogP contribution >= 0.6 is 0 Å². The topological polar surface area (TPSA) is 41.6 Å². The van der Waals surface area contributed by atoms with E-state index in [-0.39, 0.29) is 5.82 Å². The van der Waals surface area contributed by atoms with Gasteiger partial charge in [-0.05, 0) is 54.4 Å². The lowest BCUT2D eigenvalue weighted by atomic mass is 9.69. The molecule has 3 fully saturated rings. The lowest BCUT2D eigenvalue weighted by Gasteiger charge is -2.45. The number of nitrogens with zero attached hydrogens (tertiary/aromatic N) is 1. The van der Waals surface area contributed by atoms with Crippen molar-refractivity contribution in [3.05, 3.63) is 34.6 Å². The highest BCUT2D eigenvalue weighted by molar-refractivity contribution is 5.89. The van der Waals surface area contributed by atoms with Crippen LogP contribution in [0.25, 0.3) is 0 Å². The van der Waals surface area contributed by atoms with Crippen molar-refractivity contribution in [2.45, 2.75) is 51.2 Å². The van der Waals surface area contributed by atoms with Crippen LogP contribution in [0, 0.1) is 11.2 Å². The summed E-state index contributed by atoms with van der Waals surface area (Å²) in [5.41, 5.74) is 2.44. The number of nitrogens with one attached hydrogen (secondary N) is 1. The van der Waals surface area contributed by atoms with Crippen molar-refractivity contribution in [2.24, 2.45) is 5.41 Å². The Hall–Kier alpha value is -1.46. The Bertz CT molecular complexity index is 664. The van der Waals surface area contributed by atoms with Crippen LogP contribution in [0.5, 0.6) is 0 Å². The zero-order valence-electron chi connectivity index (χ0n) is 14.4. The van der Waals surface area contributed by atoms with Crippen molar-refractivity contribution < 1.29 is 13.9 Å². The Morgan fingerprint density at radius 3 is 2.88 bits per heavy atom. The van der Waals surface area contributed by atoms with Crippen LogP contribution in [0.4, 0.5) is 4.39 Å².